The fourth-order valence-corrected chi connectivity index (χ4v) is 1.52. The van der Waals surface area contributed by atoms with E-state index < -0.39 is 0 Å². The smallest absolute Gasteiger partial charge is 0.219 e. The van der Waals surface area contributed by atoms with E-state index in [2.05, 4.69) is 15.3 Å². The van der Waals surface area contributed by atoms with Gasteiger partial charge >= 0.3 is 0 Å². The zero-order valence-electron chi connectivity index (χ0n) is 10.6. The molecule has 0 saturated heterocycles. The maximum absolute atomic E-state index is 5.60. The van der Waals surface area contributed by atoms with E-state index in [9.17, 15) is 0 Å². The quantitative estimate of drug-likeness (QED) is 0.850. The van der Waals surface area contributed by atoms with Crippen molar-refractivity contribution in [3.8, 4) is 5.88 Å². The second-order valence-corrected chi connectivity index (χ2v) is 3.76. The SMILES string of the molecule is CCNc1cc(OCc2ccco2)nc(CC)n1. The zero-order valence-corrected chi connectivity index (χ0v) is 10.6. The number of ether oxygens (including phenoxy) is 1. The van der Waals surface area contributed by atoms with Crippen LogP contribution in [0.2, 0.25) is 0 Å². The summed E-state index contributed by atoms with van der Waals surface area (Å²) in [5, 5.41) is 3.16. The minimum atomic E-state index is 0.374. The Hall–Kier alpha value is -2.04. The number of hydrogen-bond acceptors (Lipinski definition) is 5. The van der Waals surface area contributed by atoms with Crippen molar-refractivity contribution in [1.29, 1.82) is 0 Å². The Morgan fingerprint density at radius 3 is 2.89 bits per heavy atom. The minimum Gasteiger partial charge on any atom is -0.469 e. The van der Waals surface area contributed by atoms with Crippen LogP contribution in [0.1, 0.15) is 25.4 Å². The molecule has 0 radical (unpaired) electrons. The molecule has 0 aliphatic heterocycles. The molecule has 0 amide bonds. The maximum atomic E-state index is 5.60. The van der Waals surface area contributed by atoms with Crippen molar-refractivity contribution in [2.45, 2.75) is 26.9 Å². The van der Waals surface area contributed by atoms with Crippen LogP contribution >= 0.6 is 0 Å². The van der Waals surface area contributed by atoms with Crippen molar-refractivity contribution in [2.75, 3.05) is 11.9 Å². The predicted octanol–water partition coefficient (Wildman–Crippen LogP) is 2.64. The van der Waals surface area contributed by atoms with Crippen LogP contribution in [0.3, 0.4) is 0 Å². The van der Waals surface area contributed by atoms with Gasteiger partial charge in [0, 0.05) is 19.0 Å². The van der Waals surface area contributed by atoms with Crippen LogP contribution in [0, 0.1) is 0 Å². The first-order chi connectivity index (χ1) is 8.81. The van der Waals surface area contributed by atoms with Gasteiger partial charge in [-0.25, -0.2) is 4.98 Å². The molecule has 0 aliphatic carbocycles. The molecule has 5 nitrogen and oxygen atoms in total. The van der Waals surface area contributed by atoms with Crippen LogP contribution in [0.15, 0.2) is 28.9 Å². The number of rotatable bonds is 6. The van der Waals surface area contributed by atoms with Crippen molar-refractivity contribution in [3.05, 3.63) is 36.0 Å². The first kappa shape index (κ1) is 12.4. The molecule has 0 aliphatic rings. The number of aryl methyl sites for hydroxylation is 1. The normalized spacial score (nSPS) is 10.3. The molecule has 0 fully saturated rings. The third kappa shape index (κ3) is 3.23. The summed E-state index contributed by atoms with van der Waals surface area (Å²) in [5.74, 6) is 2.90. The third-order valence-corrected chi connectivity index (χ3v) is 2.37. The second kappa shape index (κ2) is 6.05. The molecular weight excluding hydrogens is 230 g/mol. The monoisotopic (exact) mass is 247 g/mol. The van der Waals surface area contributed by atoms with Crippen LogP contribution < -0.4 is 10.1 Å². The molecule has 5 heteroatoms. The number of nitrogens with one attached hydrogen (secondary N) is 1. The lowest BCUT2D eigenvalue weighted by Crippen LogP contribution is -2.05. The summed E-state index contributed by atoms with van der Waals surface area (Å²) >= 11 is 0. The Kier molecular flexibility index (Phi) is 4.17. The van der Waals surface area contributed by atoms with Crippen molar-refractivity contribution >= 4 is 5.82 Å². The molecule has 0 spiro atoms. The van der Waals surface area contributed by atoms with Gasteiger partial charge in [0.25, 0.3) is 0 Å². The van der Waals surface area contributed by atoms with Gasteiger partial charge in [-0.1, -0.05) is 6.92 Å². The summed E-state index contributed by atoms with van der Waals surface area (Å²) in [5.41, 5.74) is 0. The van der Waals surface area contributed by atoms with Crippen LogP contribution in [-0.2, 0) is 13.0 Å². The highest BCUT2D eigenvalue weighted by molar-refractivity contribution is 5.38. The van der Waals surface area contributed by atoms with E-state index in [0.717, 1.165) is 30.4 Å². The lowest BCUT2D eigenvalue weighted by Gasteiger charge is -2.08. The van der Waals surface area contributed by atoms with E-state index in [-0.39, 0.29) is 0 Å². The second-order valence-electron chi connectivity index (χ2n) is 3.76. The van der Waals surface area contributed by atoms with Gasteiger partial charge < -0.3 is 14.5 Å². The molecule has 2 aromatic heterocycles. The average molecular weight is 247 g/mol. The van der Waals surface area contributed by atoms with E-state index in [1.54, 1.807) is 12.3 Å². The molecule has 0 unspecified atom stereocenters. The van der Waals surface area contributed by atoms with Crippen molar-refractivity contribution < 1.29 is 9.15 Å². The molecule has 2 aromatic rings. The highest BCUT2D eigenvalue weighted by Crippen LogP contribution is 2.15. The zero-order chi connectivity index (χ0) is 12.8. The summed E-state index contributed by atoms with van der Waals surface area (Å²) < 4.78 is 10.8. The van der Waals surface area contributed by atoms with Gasteiger partial charge in [0.2, 0.25) is 5.88 Å². The Balaban J connectivity index is 2.08. The largest absolute Gasteiger partial charge is 0.469 e. The number of aromatic nitrogens is 2. The van der Waals surface area contributed by atoms with E-state index in [0.29, 0.717) is 12.5 Å². The van der Waals surface area contributed by atoms with Gasteiger partial charge in [0.1, 0.15) is 24.0 Å². The molecular formula is C13H17N3O2. The van der Waals surface area contributed by atoms with Gasteiger partial charge in [-0.2, -0.15) is 4.98 Å². The van der Waals surface area contributed by atoms with E-state index in [1.165, 1.54) is 0 Å². The average Bonchev–Trinajstić information content (AvgIpc) is 2.89. The third-order valence-electron chi connectivity index (χ3n) is 2.37. The maximum Gasteiger partial charge on any atom is 0.219 e. The van der Waals surface area contributed by atoms with Crippen molar-refractivity contribution in [1.82, 2.24) is 9.97 Å². The first-order valence-electron chi connectivity index (χ1n) is 6.08. The lowest BCUT2D eigenvalue weighted by molar-refractivity contribution is 0.259. The van der Waals surface area contributed by atoms with Gasteiger partial charge in [-0.3, -0.25) is 0 Å². The number of furan rings is 1. The Bertz CT molecular complexity index is 483. The Morgan fingerprint density at radius 2 is 2.22 bits per heavy atom. The van der Waals surface area contributed by atoms with E-state index in [1.807, 2.05) is 26.0 Å². The fraction of sp³-hybridized carbons (Fsp3) is 0.385. The number of anilines is 1. The molecule has 96 valence electrons. The standard InChI is InChI=1S/C13H17N3O2/c1-3-11-15-12(14-4-2)8-13(16-11)18-9-10-6-5-7-17-10/h5-8H,3-4,9H2,1-2H3,(H,14,15,16). The summed E-state index contributed by atoms with van der Waals surface area (Å²) in [6.07, 6.45) is 2.40. The van der Waals surface area contributed by atoms with Crippen LogP contribution in [0.5, 0.6) is 5.88 Å². The van der Waals surface area contributed by atoms with Crippen LogP contribution in [0.25, 0.3) is 0 Å². The van der Waals surface area contributed by atoms with Crippen LogP contribution in [-0.4, -0.2) is 16.5 Å². The molecule has 0 atom stereocenters. The Morgan fingerprint density at radius 1 is 1.33 bits per heavy atom. The molecule has 0 bridgehead atoms. The molecule has 0 aromatic carbocycles. The summed E-state index contributed by atoms with van der Waals surface area (Å²) in [6, 6.07) is 5.50. The van der Waals surface area contributed by atoms with Gasteiger partial charge in [0.05, 0.1) is 6.26 Å². The Labute approximate surface area is 106 Å². The molecule has 0 saturated carbocycles. The van der Waals surface area contributed by atoms with Crippen molar-refractivity contribution in [2.24, 2.45) is 0 Å². The van der Waals surface area contributed by atoms with Crippen molar-refractivity contribution in [3.63, 3.8) is 0 Å². The van der Waals surface area contributed by atoms with Gasteiger partial charge in [-0.05, 0) is 19.1 Å². The fourth-order valence-electron chi connectivity index (χ4n) is 1.52. The highest BCUT2D eigenvalue weighted by Gasteiger charge is 2.05. The number of nitrogens with zero attached hydrogens (tertiary/aromatic N) is 2. The molecule has 1 N–H and O–H groups in total. The van der Waals surface area contributed by atoms with Gasteiger partial charge in [0.15, 0.2) is 0 Å². The molecule has 2 heterocycles. The molecule has 2 rings (SSSR count). The first-order valence-corrected chi connectivity index (χ1v) is 6.08. The van der Waals surface area contributed by atoms with E-state index >= 15 is 0 Å². The summed E-state index contributed by atoms with van der Waals surface area (Å²) in [6.45, 7) is 5.23. The van der Waals surface area contributed by atoms with E-state index in [4.69, 9.17) is 9.15 Å². The van der Waals surface area contributed by atoms with Gasteiger partial charge in [-0.15, -0.1) is 0 Å². The topological polar surface area (TPSA) is 60.2 Å². The summed E-state index contributed by atoms with van der Waals surface area (Å²) in [4.78, 5) is 8.68. The lowest BCUT2D eigenvalue weighted by atomic mass is 10.4. The molecule has 18 heavy (non-hydrogen) atoms. The summed E-state index contributed by atoms with van der Waals surface area (Å²) in [7, 11) is 0. The highest BCUT2D eigenvalue weighted by atomic mass is 16.5. The van der Waals surface area contributed by atoms with Crippen LogP contribution in [0.4, 0.5) is 5.82 Å². The minimum absolute atomic E-state index is 0.374. The number of hydrogen-bond donors (Lipinski definition) is 1. The predicted molar refractivity (Wildman–Crippen MR) is 68.6 cm³/mol.